The molecule has 1 aliphatic carbocycles. The van der Waals surface area contributed by atoms with Crippen molar-refractivity contribution in [1.29, 1.82) is 0 Å². The SMILES string of the molecule is Oc1c2c3c4c5c1N=CC=5CC[N+]=4C1(O)C[C@@]3(C=C[C@H]1O)CCN2. The largest absolute Gasteiger partial charge is 0.504 e. The van der Waals surface area contributed by atoms with Crippen LogP contribution in [0.15, 0.2) is 17.1 Å². The Hall–Kier alpha value is -2.18. The van der Waals surface area contributed by atoms with Crippen molar-refractivity contribution in [2.24, 2.45) is 4.99 Å². The molecule has 6 heteroatoms. The number of rotatable bonds is 0. The van der Waals surface area contributed by atoms with Crippen molar-refractivity contribution in [2.75, 3.05) is 18.4 Å². The zero-order valence-electron chi connectivity index (χ0n) is 13.1. The minimum Gasteiger partial charge on any atom is -0.504 e. The fourth-order valence-electron chi connectivity index (χ4n) is 5.39. The molecule has 4 N–H and O–H groups in total. The summed E-state index contributed by atoms with van der Waals surface area (Å²) in [5.74, 6) is 0.209. The summed E-state index contributed by atoms with van der Waals surface area (Å²) in [4.78, 5) is 4.44. The second kappa shape index (κ2) is 3.73. The molecule has 0 aromatic heterocycles. The molecule has 2 bridgehead atoms. The molecule has 1 spiro atoms. The molecule has 4 aliphatic heterocycles. The predicted molar refractivity (Wildman–Crippen MR) is 89.1 cm³/mol. The molecule has 0 saturated heterocycles. The van der Waals surface area contributed by atoms with Crippen LogP contribution >= 0.6 is 0 Å². The Balaban J connectivity index is 1.93. The first-order chi connectivity index (χ1) is 11.6. The van der Waals surface area contributed by atoms with E-state index in [1.807, 2.05) is 16.9 Å². The number of allylic oxidation sites excluding steroid dienone is 1. The maximum absolute atomic E-state index is 11.4. The van der Waals surface area contributed by atoms with Gasteiger partial charge in [-0.3, -0.25) is 4.99 Å². The van der Waals surface area contributed by atoms with Gasteiger partial charge in [0.25, 0.3) is 5.72 Å². The molecule has 0 amide bonds. The number of hydrogen-bond donors (Lipinski definition) is 4. The molecule has 5 aliphatic rings. The number of benzene rings is 1. The van der Waals surface area contributed by atoms with E-state index in [2.05, 4.69) is 10.3 Å². The van der Waals surface area contributed by atoms with Crippen LogP contribution in [0.2, 0.25) is 0 Å². The van der Waals surface area contributed by atoms with Gasteiger partial charge in [0.15, 0.2) is 18.4 Å². The zero-order valence-corrected chi connectivity index (χ0v) is 13.1. The summed E-state index contributed by atoms with van der Waals surface area (Å²) >= 11 is 0. The number of nitrogens with one attached hydrogen (secondary N) is 1. The highest BCUT2D eigenvalue weighted by atomic mass is 16.4. The van der Waals surface area contributed by atoms with E-state index < -0.39 is 11.8 Å². The number of phenols is 1. The monoisotopic (exact) mass is 324 g/mol. The van der Waals surface area contributed by atoms with Crippen LogP contribution in [-0.2, 0) is 5.41 Å². The Morgan fingerprint density at radius 3 is 3.12 bits per heavy atom. The smallest absolute Gasteiger partial charge is 0.296 e. The zero-order chi connectivity index (χ0) is 16.3. The second-order valence-corrected chi connectivity index (χ2v) is 7.55. The van der Waals surface area contributed by atoms with Crippen LogP contribution in [0, 0.1) is 0 Å². The molecule has 0 saturated carbocycles. The van der Waals surface area contributed by atoms with Crippen molar-refractivity contribution < 1.29 is 15.3 Å². The highest BCUT2D eigenvalue weighted by Crippen LogP contribution is 2.51. The van der Waals surface area contributed by atoms with Crippen molar-refractivity contribution in [2.45, 2.75) is 36.5 Å². The summed E-state index contributed by atoms with van der Waals surface area (Å²) in [5, 5.41) is 38.0. The molecule has 0 radical (unpaired) electrons. The molecule has 4 heterocycles. The van der Waals surface area contributed by atoms with Crippen molar-refractivity contribution >= 4 is 23.2 Å². The molecule has 3 atom stereocenters. The highest BCUT2D eigenvalue weighted by molar-refractivity contribution is 6.08. The molecule has 1 aromatic rings. The van der Waals surface area contributed by atoms with Gasteiger partial charge < -0.3 is 20.6 Å². The minimum absolute atomic E-state index is 0.209. The van der Waals surface area contributed by atoms with E-state index in [0.717, 1.165) is 46.8 Å². The van der Waals surface area contributed by atoms with Crippen molar-refractivity contribution in [3.05, 3.63) is 28.3 Å². The Labute approximate surface area is 137 Å². The minimum atomic E-state index is -1.30. The second-order valence-electron chi connectivity index (χ2n) is 7.55. The van der Waals surface area contributed by atoms with Gasteiger partial charge in [-0.1, -0.05) is 6.08 Å². The van der Waals surface area contributed by atoms with Crippen molar-refractivity contribution in [3.8, 4) is 5.75 Å². The lowest BCUT2D eigenvalue weighted by atomic mass is 9.63. The first kappa shape index (κ1) is 13.1. The summed E-state index contributed by atoms with van der Waals surface area (Å²) < 4.78 is 1.95. The lowest BCUT2D eigenvalue weighted by molar-refractivity contribution is -0.123. The van der Waals surface area contributed by atoms with Gasteiger partial charge in [0.1, 0.15) is 5.69 Å². The number of fused-ring (bicyclic) bond motifs is 2. The summed E-state index contributed by atoms with van der Waals surface area (Å²) in [7, 11) is 0. The van der Waals surface area contributed by atoms with E-state index in [9.17, 15) is 15.3 Å². The first-order valence-corrected chi connectivity index (χ1v) is 8.50. The topological polar surface area (TPSA) is 88.1 Å². The van der Waals surface area contributed by atoms with Crippen LogP contribution < -0.4 is 20.5 Å². The number of aliphatic hydroxyl groups excluding tert-OH is 1. The van der Waals surface area contributed by atoms with Crippen LogP contribution in [0.1, 0.15) is 24.8 Å². The molecule has 1 aromatic carbocycles. The Morgan fingerprint density at radius 1 is 1.38 bits per heavy atom. The van der Waals surface area contributed by atoms with Crippen LogP contribution in [-0.4, -0.2) is 46.5 Å². The van der Waals surface area contributed by atoms with E-state index >= 15 is 0 Å². The van der Waals surface area contributed by atoms with Gasteiger partial charge in [-0.15, -0.1) is 0 Å². The van der Waals surface area contributed by atoms with Gasteiger partial charge in [0.05, 0.1) is 22.9 Å². The van der Waals surface area contributed by atoms with E-state index in [4.69, 9.17) is 0 Å². The third-order valence-corrected chi connectivity index (χ3v) is 6.45. The van der Waals surface area contributed by atoms with Gasteiger partial charge in [0.2, 0.25) is 5.36 Å². The Bertz CT molecular complexity index is 1030. The normalized spacial score (nSPS) is 36.7. The maximum Gasteiger partial charge on any atom is 0.296 e. The molecule has 1 unspecified atom stereocenters. The molecule has 6 rings (SSSR count). The summed E-state index contributed by atoms with van der Waals surface area (Å²) in [6.45, 7) is 1.36. The van der Waals surface area contributed by atoms with Crippen molar-refractivity contribution in [1.82, 2.24) is 4.58 Å². The molecule has 0 fully saturated rings. The molecular weight excluding hydrogens is 306 g/mol. The van der Waals surface area contributed by atoms with Gasteiger partial charge in [-0.05, 0) is 18.1 Å². The number of phenolic OH excluding ortho intramolecular Hbond substituents is 1. The molecule has 6 nitrogen and oxygen atoms in total. The third-order valence-electron chi connectivity index (χ3n) is 6.45. The lowest BCUT2D eigenvalue weighted by Gasteiger charge is -2.48. The van der Waals surface area contributed by atoms with Gasteiger partial charge in [0, 0.05) is 24.6 Å². The average Bonchev–Trinajstić information content (AvgIpc) is 3.01. The van der Waals surface area contributed by atoms with E-state index in [1.54, 1.807) is 6.08 Å². The van der Waals surface area contributed by atoms with Crippen LogP contribution in [0.4, 0.5) is 11.4 Å². The number of aliphatic imine (C=N–C) groups is 1. The number of hydrogen-bond acceptors (Lipinski definition) is 5. The fourth-order valence-corrected chi connectivity index (χ4v) is 5.39. The van der Waals surface area contributed by atoms with E-state index in [-0.39, 0.29) is 11.2 Å². The number of anilines is 1. The number of aliphatic hydroxyl groups is 2. The Morgan fingerprint density at radius 2 is 2.25 bits per heavy atom. The van der Waals surface area contributed by atoms with Crippen LogP contribution in [0.25, 0.3) is 5.57 Å². The van der Waals surface area contributed by atoms with Crippen molar-refractivity contribution in [3.63, 3.8) is 0 Å². The number of nitrogens with zero attached hydrogens (tertiary/aromatic N) is 2. The fraction of sp³-hybridized carbons (Fsp3) is 0.444. The summed E-state index contributed by atoms with van der Waals surface area (Å²) in [5.41, 5.74) is 1.85. The Kier molecular flexibility index (Phi) is 2.04. The van der Waals surface area contributed by atoms with E-state index in [0.29, 0.717) is 18.7 Å². The molecule has 122 valence electrons. The van der Waals surface area contributed by atoms with Crippen LogP contribution in [0.3, 0.4) is 0 Å². The molecule has 24 heavy (non-hydrogen) atoms. The third kappa shape index (κ3) is 1.19. The number of aromatic hydroxyl groups is 1. The first-order valence-electron chi connectivity index (χ1n) is 8.50. The predicted octanol–water partition coefficient (Wildman–Crippen LogP) is -0.770. The lowest BCUT2D eigenvalue weighted by Crippen LogP contribution is -2.70. The van der Waals surface area contributed by atoms with Gasteiger partial charge >= 0.3 is 0 Å². The van der Waals surface area contributed by atoms with E-state index in [1.165, 1.54) is 0 Å². The average molecular weight is 324 g/mol. The standard InChI is InChI=1S/C18H17N3O3/c22-10-1-3-17-4-5-19-14-12(17)15-11-9(7-20-13(11)16(14)23)2-6-21(15)18(10,24)8-17/h1,3,7,10,22,24H,2,4-6,8H2,(H,19,20,23)/p+1/t10-,17-,18?/m1/s1. The van der Waals surface area contributed by atoms with Crippen LogP contribution in [0.5, 0.6) is 5.75 Å². The highest BCUT2D eigenvalue weighted by Gasteiger charge is 2.61. The summed E-state index contributed by atoms with van der Waals surface area (Å²) in [6.07, 6.45) is 6.71. The summed E-state index contributed by atoms with van der Waals surface area (Å²) in [6, 6.07) is 0. The quantitative estimate of drug-likeness (QED) is 0.287. The molecular formula is C18H18N3O3+. The maximum atomic E-state index is 11.4. The van der Waals surface area contributed by atoms with Gasteiger partial charge in [-0.25, -0.2) is 0 Å². The van der Waals surface area contributed by atoms with Gasteiger partial charge in [-0.2, -0.15) is 4.58 Å².